The Labute approximate surface area is 188 Å². The minimum atomic E-state index is -4.27. The van der Waals surface area contributed by atoms with Crippen LogP contribution in [0.2, 0.25) is 0 Å². The zero-order valence-electron chi connectivity index (χ0n) is 17.5. The van der Waals surface area contributed by atoms with Gasteiger partial charge in [-0.05, 0) is 30.5 Å². The summed E-state index contributed by atoms with van der Waals surface area (Å²) in [5, 5.41) is 9.53. The second-order valence-electron chi connectivity index (χ2n) is 8.19. The predicted octanol–water partition coefficient (Wildman–Crippen LogP) is 4.02. The van der Waals surface area contributed by atoms with Crippen LogP contribution in [0.1, 0.15) is 23.2 Å². The van der Waals surface area contributed by atoms with E-state index in [1.165, 1.54) is 16.9 Å². The molecular weight excluding hydrogens is 461 g/mol. The maximum Gasteiger partial charge on any atom is 0.396 e. The van der Waals surface area contributed by atoms with Crippen LogP contribution >= 0.6 is 0 Å². The van der Waals surface area contributed by atoms with Gasteiger partial charge in [0, 0.05) is 36.1 Å². The molecule has 0 aliphatic heterocycles. The van der Waals surface area contributed by atoms with Gasteiger partial charge in [0.15, 0.2) is 0 Å². The molecule has 34 heavy (non-hydrogen) atoms. The van der Waals surface area contributed by atoms with Crippen LogP contribution < -0.4 is 10.6 Å². The number of rotatable bonds is 7. The van der Waals surface area contributed by atoms with E-state index in [2.05, 4.69) is 30.7 Å². The molecule has 0 unspecified atom stereocenters. The number of anilines is 1. The molecule has 0 saturated heterocycles. The second kappa shape index (κ2) is 7.92. The number of aromatic amines is 1. The smallest absolute Gasteiger partial charge is 0.353 e. The van der Waals surface area contributed by atoms with E-state index in [9.17, 15) is 26.7 Å². The Morgan fingerprint density at radius 3 is 2.76 bits per heavy atom. The number of halogens is 5. The molecule has 0 atom stereocenters. The molecular formula is C21H18F5N7O. The monoisotopic (exact) mass is 479 g/mol. The van der Waals surface area contributed by atoms with E-state index in [1.54, 1.807) is 24.5 Å². The number of aromatic nitrogens is 5. The van der Waals surface area contributed by atoms with Gasteiger partial charge in [-0.1, -0.05) is 0 Å². The van der Waals surface area contributed by atoms with Crippen molar-refractivity contribution in [3.05, 3.63) is 42.5 Å². The third-order valence-electron chi connectivity index (χ3n) is 5.97. The van der Waals surface area contributed by atoms with Crippen LogP contribution in [0.15, 0.2) is 36.9 Å². The first-order valence-corrected chi connectivity index (χ1v) is 10.4. The molecule has 5 rings (SSSR count). The van der Waals surface area contributed by atoms with Crippen molar-refractivity contribution in [2.75, 3.05) is 18.4 Å². The highest BCUT2D eigenvalue weighted by Gasteiger charge is 2.62. The van der Waals surface area contributed by atoms with Crippen molar-refractivity contribution in [3.63, 3.8) is 0 Å². The molecule has 8 nitrogen and oxygen atoms in total. The zero-order chi connectivity index (χ0) is 24.1. The van der Waals surface area contributed by atoms with Gasteiger partial charge in [-0.2, -0.15) is 23.3 Å². The maximum atomic E-state index is 13.1. The van der Waals surface area contributed by atoms with Crippen LogP contribution in [0.4, 0.5) is 27.9 Å². The fourth-order valence-electron chi connectivity index (χ4n) is 3.78. The Morgan fingerprint density at radius 1 is 1.26 bits per heavy atom. The van der Waals surface area contributed by atoms with E-state index in [-0.39, 0.29) is 30.9 Å². The van der Waals surface area contributed by atoms with E-state index >= 15 is 0 Å². The SMILES string of the molecule is O=C(NCC(F)F)c1cnn2ccc(-c3c[nH]c4nc(NCC5(C(F)(F)F)CC5)ncc34)cc12. The predicted molar refractivity (Wildman–Crippen MR) is 113 cm³/mol. The van der Waals surface area contributed by atoms with Gasteiger partial charge in [0.1, 0.15) is 5.65 Å². The van der Waals surface area contributed by atoms with Crippen molar-refractivity contribution in [2.24, 2.45) is 5.41 Å². The minimum Gasteiger partial charge on any atom is -0.353 e. The van der Waals surface area contributed by atoms with Gasteiger partial charge in [-0.25, -0.2) is 18.3 Å². The molecule has 1 fully saturated rings. The third kappa shape index (κ3) is 3.90. The minimum absolute atomic E-state index is 0.0810. The lowest BCUT2D eigenvalue weighted by Gasteiger charge is -2.19. The lowest BCUT2D eigenvalue weighted by atomic mass is 10.1. The highest BCUT2D eigenvalue weighted by molar-refractivity contribution is 6.02. The van der Waals surface area contributed by atoms with Crippen LogP contribution in [0.5, 0.6) is 0 Å². The van der Waals surface area contributed by atoms with Crippen LogP contribution in [0, 0.1) is 5.41 Å². The van der Waals surface area contributed by atoms with Crippen molar-refractivity contribution >= 4 is 28.4 Å². The fourth-order valence-corrected chi connectivity index (χ4v) is 3.78. The van der Waals surface area contributed by atoms with Gasteiger partial charge in [-0.15, -0.1) is 0 Å². The van der Waals surface area contributed by atoms with E-state index in [1.807, 2.05) is 0 Å². The van der Waals surface area contributed by atoms with Gasteiger partial charge >= 0.3 is 6.18 Å². The van der Waals surface area contributed by atoms with Crippen LogP contribution in [-0.4, -0.2) is 56.2 Å². The van der Waals surface area contributed by atoms with Crippen molar-refractivity contribution < 1.29 is 26.7 Å². The summed E-state index contributed by atoms with van der Waals surface area (Å²) in [7, 11) is 0. The Balaban J connectivity index is 1.40. The molecule has 0 radical (unpaired) electrons. The molecule has 1 amide bonds. The number of pyridine rings is 1. The van der Waals surface area contributed by atoms with Crippen LogP contribution in [-0.2, 0) is 0 Å². The molecule has 178 valence electrons. The van der Waals surface area contributed by atoms with Gasteiger partial charge in [0.25, 0.3) is 12.3 Å². The molecule has 3 N–H and O–H groups in total. The molecule has 4 aromatic rings. The van der Waals surface area contributed by atoms with Crippen LogP contribution in [0.25, 0.3) is 27.7 Å². The number of nitrogens with one attached hydrogen (secondary N) is 3. The molecule has 4 aromatic heterocycles. The number of nitrogens with zero attached hydrogens (tertiary/aromatic N) is 4. The number of H-pyrrole nitrogens is 1. The van der Waals surface area contributed by atoms with Gasteiger partial charge in [-0.3, -0.25) is 4.79 Å². The number of carbonyl (C=O) groups is 1. The topological polar surface area (TPSA) is 100 Å². The number of hydrogen-bond donors (Lipinski definition) is 3. The quantitative estimate of drug-likeness (QED) is 0.348. The van der Waals surface area contributed by atoms with Crippen LogP contribution in [0.3, 0.4) is 0 Å². The maximum absolute atomic E-state index is 13.1. The molecule has 0 aromatic carbocycles. The summed E-state index contributed by atoms with van der Waals surface area (Å²) in [5.74, 6) is -0.585. The summed E-state index contributed by atoms with van der Waals surface area (Å²) in [6.07, 6.45) is -0.698. The van der Waals surface area contributed by atoms with Gasteiger partial charge < -0.3 is 15.6 Å². The highest BCUT2D eigenvalue weighted by Crippen LogP contribution is 2.57. The molecule has 13 heteroatoms. The fraction of sp³-hybridized carbons (Fsp3) is 0.333. The number of alkyl halides is 5. The summed E-state index contributed by atoms with van der Waals surface area (Å²) in [4.78, 5) is 23.7. The number of fused-ring (bicyclic) bond motifs is 2. The van der Waals surface area contributed by atoms with E-state index < -0.39 is 30.5 Å². The van der Waals surface area contributed by atoms with E-state index in [0.29, 0.717) is 27.7 Å². The summed E-state index contributed by atoms with van der Waals surface area (Å²) in [5.41, 5.74) is 0.640. The Hall–Kier alpha value is -3.77. The normalized spacial score (nSPS) is 15.2. The zero-order valence-corrected chi connectivity index (χ0v) is 17.5. The summed E-state index contributed by atoms with van der Waals surface area (Å²) < 4.78 is 65.7. The molecule has 4 heterocycles. The summed E-state index contributed by atoms with van der Waals surface area (Å²) >= 11 is 0. The van der Waals surface area contributed by atoms with Crippen molar-refractivity contribution in [1.82, 2.24) is 29.9 Å². The Morgan fingerprint density at radius 2 is 2.06 bits per heavy atom. The van der Waals surface area contributed by atoms with Gasteiger partial charge in [0.2, 0.25) is 5.95 Å². The largest absolute Gasteiger partial charge is 0.396 e. The first-order valence-electron chi connectivity index (χ1n) is 10.4. The first-order chi connectivity index (χ1) is 16.2. The van der Waals surface area contributed by atoms with Crippen molar-refractivity contribution in [3.8, 4) is 11.1 Å². The van der Waals surface area contributed by atoms with E-state index in [4.69, 9.17) is 0 Å². The van der Waals surface area contributed by atoms with Crippen molar-refractivity contribution in [1.29, 1.82) is 0 Å². The molecule has 0 spiro atoms. The average molecular weight is 479 g/mol. The lowest BCUT2D eigenvalue weighted by Crippen LogP contribution is -2.31. The summed E-state index contributed by atoms with van der Waals surface area (Å²) in [6, 6.07) is 3.43. The first kappa shape index (κ1) is 22.0. The molecule has 1 aliphatic rings. The second-order valence-corrected chi connectivity index (χ2v) is 8.19. The molecule has 1 saturated carbocycles. The number of hydrogen-bond acceptors (Lipinski definition) is 5. The molecule has 0 bridgehead atoms. The summed E-state index contributed by atoms with van der Waals surface area (Å²) in [6.45, 7) is -1.06. The molecule has 1 aliphatic carbocycles. The van der Waals surface area contributed by atoms with Crippen molar-refractivity contribution in [2.45, 2.75) is 25.4 Å². The average Bonchev–Trinajstić information content (AvgIpc) is 3.32. The van der Waals surface area contributed by atoms with E-state index in [0.717, 1.165) is 0 Å². The number of amides is 1. The Kier molecular flexibility index (Phi) is 5.14. The van der Waals surface area contributed by atoms with Gasteiger partial charge in [0.05, 0.1) is 29.2 Å². The third-order valence-corrected chi connectivity index (χ3v) is 5.97. The lowest BCUT2D eigenvalue weighted by molar-refractivity contribution is -0.182. The standard InChI is InChI=1S/C21H18F5N7O/c22-16(23)9-28-18(34)14-8-31-33-4-1-11(5-15(14)33)12-6-27-17-13(12)7-29-19(32-17)30-10-20(2-3-20)21(24,25)26/h1,4-8,16H,2-3,9-10H2,(H,28,34)(H2,27,29,30,32). The number of carbonyl (C=O) groups excluding carboxylic acids is 1. The Bertz CT molecular complexity index is 1370. The highest BCUT2D eigenvalue weighted by atomic mass is 19.4.